The molecule has 19 heavy (non-hydrogen) atoms. The molecule has 0 amide bonds. The van der Waals surface area contributed by atoms with Crippen molar-refractivity contribution in [1.29, 1.82) is 0 Å². The van der Waals surface area contributed by atoms with Gasteiger partial charge in [0.05, 0.1) is 13.0 Å². The lowest BCUT2D eigenvalue weighted by atomic mass is 10.4. The molecule has 0 saturated heterocycles. The lowest BCUT2D eigenvalue weighted by molar-refractivity contribution is 0.401. The summed E-state index contributed by atoms with van der Waals surface area (Å²) in [6.07, 6.45) is 3.10. The molecule has 104 valence electrons. The predicted molar refractivity (Wildman–Crippen MR) is 75.0 cm³/mol. The molecule has 0 bridgehead atoms. The number of ether oxygens (including phenoxy) is 1. The van der Waals surface area contributed by atoms with E-state index < -0.39 is 10.8 Å². The molecule has 2 heterocycles. The molecule has 0 aromatic carbocycles. The van der Waals surface area contributed by atoms with Gasteiger partial charge in [0.15, 0.2) is 11.2 Å². The molecule has 8 heteroatoms. The maximum atomic E-state index is 11.5. The molecule has 0 spiro atoms. The highest BCUT2D eigenvalue weighted by Crippen LogP contribution is 2.23. The van der Waals surface area contributed by atoms with Crippen molar-refractivity contribution in [3.8, 4) is 5.88 Å². The Morgan fingerprint density at radius 2 is 2.26 bits per heavy atom. The van der Waals surface area contributed by atoms with Crippen LogP contribution >= 0.6 is 11.6 Å². The van der Waals surface area contributed by atoms with Crippen LogP contribution in [0.5, 0.6) is 5.88 Å². The van der Waals surface area contributed by atoms with Crippen LogP contribution in [0.1, 0.15) is 12.7 Å². The van der Waals surface area contributed by atoms with Crippen LogP contribution < -0.4 is 4.74 Å². The van der Waals surface area contributed by atoms with Crippen LogP contribution in [0.2, 0.25) is 0 Å². The maximum Gasteiger partial charge on any atom is 0.245 e. The van der Waals surface area contributed by atoms with Crippen LogP contribution in [0.25, 0.3) is 11.2 Å². The average Bonchev–Trinajstić information content (AvgIpc) is 2.76. The number of fused-ring (bicyclic) bond motifs is 1. The van der Waals surface area contributed by atoms with Gasteiger partial charge in [-0.25, -0.2) is 9.97 Å². The van der Waals surface area contributed by atoms with E-state index >= 15 is 0 Å². The molecule has 2 atom stereocenters. The zero-order valence-corrected chi connectivity index (χ0v) is 12.5. The van der Waals surface area contributed by atoms with Crippen molar-refractivity contribution >= 4 is 33.6 Å². The van der Waals surface area contributed by atoms with Crippen molar-refractivity contribution in [3.63, 3.8) is 0 Å². The fraction of sp³-hybridized carbons (Fsp3) is 0.545. The normalized spacial score (nSPS) is 14.5. The van der Waals surface area contributed by atoms with Crippen LogP contribution in [0.15, 0.2) is 6.33 Å². The molecule has 2 unspecified atom stereocenters. The largest absolute Gasteiger partial charge is 0.479 e. The standard InChI is InChI=1S/C11H15ClN4O2S/c1-7(19(3)17)5-16-8(4-12)15-9-10(16)13-6-14-11(9)18-2/h6-7H,4-5H2,1-3H3. The van der Waals surface area contributed by atoms with Gasteiger partial charge in [0.1, 0.15) is 12.2 Å². The maximum absolute atomic E-state index is 11.5. The lowest BCUT2D eigenvalue weighted by Crippen LogP contribution is -2.19. The molecule has 0 aliphatic carbocycles. The van der Waals surface area contributed by atoms with Crippen LogP contribution in [-0.2, 0) is 23.2 Å². The highest BCUT2D eigenvalue weighted by atomic mass is 35.5. The molecular weight excluding hydrogens is 288 g/mol. The number of nitrogens with zero attached hydrogens (tertiary/aromatic N) is 4. The third kappa shape index (κ3) is 2.71. The summed E-state index contributed by atoms with van der Waals surface area (Å²) in [5.74, 6) is 1.34. The van der Waals surface area contributed by atoms with Crippen molar-refractivity contribution in [2.24, 2.45) is 0 Å². The van der Waals surface area contributed by atoms with E-state index in [4.69, 9.17) is 16.3 Å². The molecule has 2 rings (SSSR count). The van der Waals surface area contributed by atoms with E-state index in [9.17, 15) is 4.21 Å². The van der Waals surface area contributed by atoms with E-state index in [1.165, 1.54) is 13.4 Å². The summed E-state index contributed by atoms with van der Waals surface area (Å²) in [6.45, 7) is 2.46. The number of methoxy groups -OCH3 is 1. The number of hydrogen-bond acceptors (Lipinski definition) is 5. The molecule has 2 aromatic rings. The van der Waals surface area contributed by atoms with Gasteiger partial charge >= 0.3 is 0 Å². The Kier molecular flexibility index (Phi) is 4.36. The van der Waals surface area contributed by atoms with E-state index in [1.807, 2.05) is 11.5 Å². The molecule has 0 radical (unpaired) electrons. The van der Waals surface area contributed by atoms with Crippen molar-refractivity contribution in [2.75, 3.05) is 13.4 Å². The van der Waals surface area contributed by atoms with Crippen molar-refractivity contribution in [2.45, 2.75) is 24.6 Å². The average molecular weight is 303 g/mol. The molecule has 0 saturated carbocycles. The first-order chi connectivity index (χ1) is 9.08. The quantitative estimate of drug-likeness (QED) is 0.780. The second-order valence-corrected chi connectivity index (χ2v) is 6.21. The zero-order chi connectivity index (χ0) is 14.0. The summed E-state index contributed by atoms with van der Waals surface area (Å²) in [4.78, 5) is 12.6. The predicted octanol–water partition coefficient (Wildman–Crippen LogP) is 1.34. The third-order valence-electron chi connectivity index (χ3n) is 2.90. The summed E-state index contributed by atoms with van der Waals surface area (Å²) < 4.78 is 18.6. The van der Waals surface area contributed by atoms with Crippen LogP contribution in [0, 0.1) is 0 Å². The Morgan fingerprint density at radius 3 is 2.84 bits per heavy atom. The number of imidazole rings is 1. The molecular formula is C11H15ClN4O2S. The molecule has 0 N–H and O–H groups in total. The van der Waals surface area contributed by atoms with Crippen LogP contribution in [0.3, 0.4) is 0 Å². The first-order valence-corrected chi connectivity index (χ1v) is 7.86. The third-order valence-corrected chi connectivity index (χ3v) is 4.42. The van der Waals surface area contributed by atoms with Crippen molar-refractivity contribution in [3.05, 3.63) is 12.2 Å². The number of rotatable bonds is 5. The number of aromatic nitrogens is 4. The van der Waals surface area contributed by atoms with E-state index in [1.54, 1.807) is 6.26 Å². The smallest absolute Gasteiger partial charge is 0.245 e. The Hall–Kier alpha value is -1.21. The first-order valence-electron chi connectivity index (χ1n) is 5.70. The Bertz CT molecular complexity index is 616. The summed E-state index contributed by atoms with van der Waals surface area (Å²) in [5.41, 5.74) is 1.23. The fourth-order valence-corrected chi connectivity index (χ4v) is 2.33. The van der Waals surface area contributed by atoms with Crippen LogP contribution in [-0.4, -0.2) is 42.3 Å². The fourth-order valence-electron chi connectivity index (χ4n) is 1.77. The minimum Gasteiger partial charge on any atom is -0.479 e. The Balaban J connectivity index is 2.55. The van der Waals surface area contributed by atoms with E-state index in [2.05, 4.69) is 15.0 Å². The molecule has 0 fully saturated rings. The zero-order valence-electron chi connectivity index (χ0n) is 11.0. The summed E-state index contributed by atoms with van der Waals surface area (Å²) in [5, 5.41) is -0.0136. The highest BCUT2D eigenvalue weighted by Gasteiger charge is 2.18. The van der Waals surface area contributed by atoms with Gasteiger partial charge in [-0.2, -0.15) is 4.98 Å². The first kappa shape index (κ1) is 14.2. The summed E-state index contributed by atoms with van der Waals surface area (Å²) >= 11 is 5.91. The highest BCUT2D eigenvalue weighted by molar-refractivity contribution is 7.84. The Labute approximate surface area is 118 Å². The van der Waals surface area contributed by atoms with E-state index in [0.717, 1.165) is 0 Å². The van der Waals surface area contributed by atoms with Crippen molar-refractivity contribution < 1.29 is 8.95 Å². The van der Waals surface area contributed by atoms with E-state index in [0.29, 0.717) is 29.4 Å². The molecule has 6 nitrogen and oxygen atoms in total. The van der Waals surface area contributed by atoms with Gasteiger partial charge in [0.25, 0.3) is 0 Å². The second-order valence-electron chi connectivity index (χ2n) is 4.14. The van der Waals surface area contributed by atoms with Gasteiger partial charge in [-0.15, -0.1) is 11.6 Å². The monoisotopic (exact) mass is 302 g/mol. The van der Waals surface area contributed by atoms with Gasteiger partial charge in [-0.1, -0.05) is 0 Å². The second kappa shape index (κ2) is 5.83. The summed E-state index contributed by atoms with van der Waals surface area (Å²) in [6, 6.07) is 0. The van der Waals surface area contributed by atoms with E-state index in [-0.39, 0.29) is 11.1 Å². The topological polar surface area (TPSA) is 69.9 Å². The lowest BCUT2D eigenvalue weighted by Gasteiger charge is -2.11. The number of alkyl halides is 1. The van der Waals surface area contributed by atoms with Crippen molar-refractivity contribution in [1.82, 2.24) is 19.5 Å². The van der Waals surface area contributed by atoms with Gasteiger partial charge in [-0.05, 0) is 6.92 Å². The van der Waals surface area contributed by atoms with Gasteiger partial charge in [0.2, 0.25) is 5.88 Å². The van der Waals surface area contributed by atoms with Gasteiger partial charge in [-0.3, -0.25) is 4.21 Å². The van der Waals surface area contributed by atoms with Crippen LogP contribution in [0.4, 0.5) is 0 Å². The molecule has 0 aliphatic rings. The summed E-state index contributed by atoms with van der Waals surface area (Å²) in [7, 11) is 0.611. The number of halogens is 1. The number of hydrogen-bond donors (Lipinski definition) is 0. The van der Waals surface area contributed by atoms with Gasteiger partial charge in [0, 0.05) is 28.9 Å². The minimum absolute atomic E-state index is 0.0136. The molecule has 2 aromatic heterocycles. The molecule has 0 aliphatic heterocycles. The van der Waals surface area contributed by atoms with Gasteiger partial charge < -0.3 is 9.30 Å². The minimum atomic E-state index is -0.922. The Morgan fingerprint density at radius 1 is 1.53 bits per heavy atom. The SMILES string of the molecule is COc1ncnc2c1nc(CCl)n2CC(C)S(C)=O.